The molecule has 3 aromatic rings. The van der Waals surface area contributed by atoms with Crippen molar-refractivity contribution in [2.24, 2.45) is 0 Å². The predicted octanol–water partition coefficient (Wildman–Crippen LogP) is 2.59. The monoisotopic (exact) mass is 351 g/mol. The van der Waals surface area contributed by atoms with Crippen molar-refractivity contribution in [1.82, 2.24) is 24.2 Å². The van der Waals surface area contributed by atoms with Crippen LogP contribution in [0, 0.1) is 0 Å². The molecule has 3 heterocycles. The van der Waals surface area contributed by atoms with E-state index in [1.165, 1.54) is 11.3 Å². The van der Waals surface area contributed by atoms with Gasteiger partial charge in [0.1, 0.15) is 5.82 Å². The predicted molar refractivity (Wildman–Crippen MR) is 99.4 cm³/mol. The maximum Gasteiger partial charge on any atom is 0.123 e. The SMILES string of the molecule is CC[C@@H](O)c1cc2n(n1)CCN(Cc1nccn1Cc1ccccc1)C2. The van der Waals surface area contributed by atoms with E-state index in [0.29, 0.717) is 6.42 Å². The van der Waals surface area contributed by atoms with Crippen LogP contribution < -0.4 is 0 Å². The molecule has 6 heteroatoms. The fourth-order valence-electron chi connectivity index (χ4n) is 3.47. The Morgan fingerprint density at radius 1 is 1.15 bits per heavy atom. The molecule has 0 aliphatic carbocycles. The van der Waals surface area contributed by atoms with Gasteiger partial charge in [0.25, 0.3) is 0 Å². The standard InChI is InChI=1S/C20H25N5O/c1-2-19(26)18-12-17-14-23(10-11-25(17)22-18)15-20-21-8-9-24(20)13-16-6-4-3-5-7-16/h3-9,12,19,26H,2,10-11,13-15H2,1H3/t19-/m1/s1. The number of benzene rings is 1. The van der Waals surface area contributed by atoms with Gasteiger partial charge in [-0.3, -0.25) is 9.58 Å². The second-order valence-electron chi connectivity index (χ2n) is 6.88. The maximum absolute atomic E-state index is 10.0. The number of hydrogen-bond acceptors (Lipinski definition) is 4. The van der Waals surface area contributed by atoms with Gasteiger partial charge in [0, 0.05) is 32.0 Å². The van der Waals surface area contributed by atoms with Gasteiger partial charge in [-0.2, -0.15) is 5.10 Å². The Labute approximate surface area is 153 Å². The highest BCUT2D eigenvalue weighted by Crippen LogP contribution is 2.21. The molecule has 0 saturated carbocycles. The van der Waals surface area contributed by atoms with E-state index < -0.39 is 6.10 Å². The molecule has 0 spiro atoms. The number of aliphatic hydroxyl groups excluding tert-OH is 1. The van der Waals surface area contributed by atoms with E-state index >= 15 is 0 Å². The summed E-state index contributed by atoms with van der Waals surface area (Å²) in [7, 11) is 0. The molecule has 1 aromatic carbocycles. The van der Waals surface area contributed by atoms with E-state index in [1.807, 2.05) is 36.1 Å². The highest BCUT2D eigenvalue weighted by molar-refractivity contribution is 5.16. The van der Waals surface area contributed by atoms with Crippen molar-refractivity contribution < 1.29 is 5.11 Å². The van der Waals surface area contributed by atoms with Crippen LogP contribution >= 0.6 is 0 Å². The van der Waals surface area contributed by atoms with Gasteiger partial charge in [-0.05, 0) is 18.1 Å². The molecule has 0 amide bonds. The molecule has 6 nitrogen and oxygen atoms in total. The van der Waals surface area contributed by atoms with Gasteiger partial charge in [-0.1, -0.05) is 37.3 Å². The molecule has 1 N–H and O–H groups in total. The number of aliphatic hydroxyl groups is 1. The van der Waals surface area contributed by atoms with E-state index in [0.717, 1.165) is 44.2 Å². The summed E-state index contributed by atoms with van der Waals surface area (Å²) in [5.41, 5.74) is 3.23. The summed E-state index contributed by atoms with van der Waals surface area (Å²) in [5, 5.41) is 14.6. The van der Waals surface area contributed by atoms with E-state index in [1.54, 1.807) is 0 Å². The number of nitrogens with zero attached hydrogens (tertiary/aromatic N) is 5. The zero-order chi connectivity index (χ0) is 17.9. The number of hydrogen-bond donors (Lipinski definition) is 1. The van der Waals surface area contributed by atoms with Crippen LogP contribution in [0.1, 0.15) is 42.2 Å². The first kappa shape index (κ1) is 17.0. The Balaban J connectivity index is 1.44. The summed E-state index contributed by atoms with van der Waals surface area (Å²) in [6.07, 6.45) is 4.15. The van der Waals surface area contributed by atoms with Crippen LogP contribution in [-0.4, -0.2) is 35.9 Å². The summed E-state index contributed by atoms with van der Waals surface area (Å²) in [4.78, 5) is 6.96. The Morgan fingerprint density at radius 3 is 2.81 bits per heavy atom. The van der Waals surface area contributed by atoms with Crippen LogP contribution in [0.5, 0.6) is 0 Å². The molecule has 4 rings (SSSR count). The molecule has 0 radical (unpaired) electrons. The van der Waals surface area contributed by atoms with Crippen molar-refractivity contribution in [3.63, 3.8) is 0 Å². The van der Waals surface area contributed by atoms with E-state index in [2.05, 4.69) is 43.8 Å². The minimum Gasteiger partial charge on any atom is -0.387 e. The summed E-state index contributed by atoms with van der Waals surface area (Å²) in [5.74, 6) is 1.08. The lowest BCUT2D eigenvalue weighted by Crippen LogP contribution is -2.34. The molecular weight excluding hydrogens is 326 g/mol. The molecule has 26 heavy (non-hydrogen) atoms. The first-order valence-corrected chi connectivity index (χ1v) is 9.24. The summed E-state index contributed by atoms with van der Waals surface area (Å²) < 4.78 is 4.24. The number of imidazole rings is 1. The zero-order valence-electron chi connectivity index (χ0n) is 15.1. The van der Waals surface area contributed by atoms with E-state index in [-0.39, 0.29) is 0 Å². The number of fused-ring (bicyclic) bond motifs is 1. The summed E-state index contributed by atoms with van der Waals surface area (Å²) in [6.45, 7) is 6.26. The third-order valence-corrected chi connectivity index (χ3v) is 4.99. The Hall–Kier alpha value is -2.44. The minimum atomic E-state index is -0.466. The van der Waals surface area contributed by atoms with Gasteiger partial charge in [-0.15, -0.1) is 0 Å². The lowest BCUT2D eigenvalue weighted by molar-refractivity contribution is 0.166. The Morgan fingerprint density at radius 2 is 2.00 bits per heavy atom. The van der Waals surface area contributed by atoms with E-state index in [4.69, 9.17) is 0 Å². The highest BCUT2D eigenvalue weighted by Gasteiger charge is 2.21. The van der Waals surface area contributed by atoms with Crippen LogP contribution in [0.3, 0.4) is 0 Å². The van der Waals surface area contributed by atoms with Crippen molar-refractivity contribution in [2.45, 2.75) is 45.6 Å². The molecule has 0 bridgehead atoms. The molecule has 0 saturated heterocycles. The molecule has 1 aliphatic heterocycles. The third kappa shape index (κ3) is 3.57. The average Bonchev–Trinajstić information content (AvgIpc) is 3.28. The fourth-order valence-corrected chi connectivity index (χ4v) is 3.47. The lowest BCUT2D eigenvalue weighted by Gasteiger charge is -2.27. The van der Waals surface area contributed by atoms with Crippen molar-refractivity contribution >= 4 is 0 Å². The summed E-state index contributed by atoms with van der Waals surface area (Å²) >= 11 is 0. The molecular formula is C20H25N5O. The quantitative estimate of drug-likeness (QED) is 0.742. The van der Waals surface area contributed by atoms with Crippen molar-refractivity contribution in [3.8, 4) is 0 Å². The van der Waals surface area contributed by atoms with Crippen LogP contribution in [-0.2, 0) is 26.2 Å². The molecule has 1 aliphatic rings. The highest BCUT2D eigenvalue weighted by atomic mass is 16.3. The fraction of sp³-hybridized carbons (Fsp3) is 0.400. The van der Waals surface area contributed by atoms with Crippen LogP contribution in [0.4, 0.5) is 0 Å². The van der Waals surface area contributed by atoms with Crippen LogP contribution in [0.15, 0.2) is 48.8 Å². The minimum absolute atomic E-state index is 0.466. The van der Waals surface area contributed by atoms with Gasteiger partial charge in [-0.25, -0.2) is 4.98 Å². The topological polar surface area (TPSA) is 59.1 Å². The Bertz CT molecular complexity index is 854. The first-order chi connectivity index (χ1) is 12.7. The Kier molecular flexibility index (Phi) is 4.86. The van der Waals surface area contributed by atoms with Crippen LogP contribution in [0.2, 0.25) is 0 Å². The normalized spacial score (nSPS) is 15.8. The molecule has 0 fully saturated rings. The van der Waals surface area contributed by atoms with Gasteiger partial charge < -0.3 is 9.67 Å². The van der Waals surface area contributed by atoms with Crippen molar-refractivity contribution in [2.75, 3.05) is 6.54 Å². The van der Waals surface area contributed by atoms with Gasteiger partial charge in [0.2, 0.25) is 0 Å². The van der Waals surface area contributed by atoms with Crippen LogP contribution in [0.25, 0.3) is 0 Å². The second-order valence-corrected chi connectivity index (χ2v) is 6.88. The third-order valence-electron chi connectivity index (χ3n) is 4.99. The smallest absolute Gasteiger partial charge is 0.123 e. The number of rotatable bonds is 6. The second kappa shape index (κ2) is 7.43. The van der Waals surface area contributed by atoms with E-state index in [9.17, 15) is 5.11 Å². The average molecular weight is 351 g/mol. The van der Waals surface area contributed by atoms with Crippen molar-refractivity contribution in [3.05, 3.63) is 71.6 Å². The zero-order valence-corrected chi connectivity index (χ0v) is 15.1. The van der Waals surface area contributed by atoms with Gasteiger partial charge in [0.15, 0.2) is 0 Å². The maximum atomic E-state index is 10.0. The lowest BCUT2D eigenvalue weighted by atomic mass is 10.2. The number of aromatic nitrogens is 4. The van der Waals surface area contributed by atoms with Gasteiger partial charge >= 0.3 is 0 Å². The first-order valence-electron chi connectivity index (χ1n) is 9.24. The summed E-state index contributed by atoms with van der Waals surface area (Å²) in [6, 6.07) is 12.5. The largest absolute Gasteiger partial charge is 0.387 e. The molecule has 136 valence electrons. The van der Waals surface area contributed by atoms with Crippen molar-refractivity contribution in [1.29, 1.82) is 0 Å². The van der Waals surface area contributed by atoms with Gasteiger partial charge in [0.05, 0.1) is 30.6 Å². The molecule has 0 unspecified atom stereocenters. The molecule has 2 aromatic heterocycles. The molecule has 1 atom stereocenters.